The predicted molar refractivity (Wildman–Crippen MR) is 90.8 cm³/mol. The average Bonchev–Trinajstić information content (AvgIpc) is 2.48. The number of aromatic hydroxyl groups is 1. The molecule has 2 aromatic carbocycles. The lowest BCUT2D eigenvalue weighted by atomic mass is 10.2. The van der Waals surface area contributed by atoms with Crippen molar-refractivity contribution >= 4 is 46.9 Å². The van der Waals surface area contributed by atoms with Gasteiger partial charge in [-0.3, -0.25) is 4.79 Å². The van der Waals surface area contributed by atoms with Crippen molar-refractivity contribution in [3.8, 4) is 11.5 Å². The summed E-state index contributed by atoms with van der Waals surface area (Å²) in [6.07, 6.45) is 1.43. The first-order chi connectivity index (χ1) is 11.0. The smallest absolute Gasteiger partial charge is 0.277 e. The van der Waals surface area contributed by atoms with Crippen LogP contribution in [0.1, 0.15) is 5.56 Å². The molecule has 0 aliphatic rings. The highest BCUT2D eigenvalue weighted by atomic mass is 35.5. The van der Waals surface area contributed by atoms with Crippen LogP contribution in [0.15, 0.2) is 41.5 Å². The van der Waals surface area contributed by atoms with E-state index in [1.807, 2.05) is 0 Å². The number of amides is 1. The number of phenolic OH excluding ortho intramolecular Hbond substituents is 1. The number of hydrogen-bond donors (Lipinski definition) is 2. The molecule has 0 saturated heterocycles. The summed E-state index contributed by atoms with van der Waals surface area (Å²) in [5, 5.41) is 13.7. The topological polar surface area (TPSA) is 70.9 Å². The van der Waals surface area contributed by atoms with Crippen LogP contribution in [0.4, 0.5) is 0 Å². The van der Waals surface area contributed by atoms with E-state index < -0.39 is 5.91 Å². The first kappa shape index (κ1) is 17.4. The molecule has 0 aliphatic carbocycles. The Hall–Kier alpha value is -1.95. The van der Waals surface area contributed by atoms with Crippen molar-refractivity contribution < 1.29 is 14.6 Å². The molecule has 0 bridgehead atoms. The molecule has 8 heteroatoms. The highest BCUT2D eigenvalue weighted by Gasteiger charge is 2.11. The zero-order chi connectivity index (χ0) is 16.8. The lowest BCUT2D eigenvalue weighted by Crippen LogP contribution is -2.24. The molecule has 0 fully saturated rings. The number of carbonyl (C=O) groups excluding carboxylic acids is 1. The Bertz CT molecular complexity index is 710. The minimum atomic E-state index is -0.484. The van der Waals surface area contributed by atoms with Crippen LogP contribution in [0.2, 0.25) is 15.1 Å². The maximum atomic E-state index is 11.6. The molecule has 2 rings (SSSR count). The van der Waals surface area contributed by atoms with E-state index in [4.69, 9.17) is 44.6 Å². The van der Waals surface area contributed by atoms with Crippen molar-refractivity contribution in [3.63, 3.8) is 0 Å². The molecule has 5 nitrogen and oxygen atoms in total. The molecule has 0 spiro atoms. The fourth-order valence-corrected chi connectivity index (χ4v) is 2.50. The lowest BCUT2D eigenvalue weighted by Gasteiger charge is -2.09. The molecule has 0 heterocycles. The van der Waals surface area contributed by atoms with Gasteiger partial charge < -0.3 is 9.84 Å². The number of rotatable bonds is 5. The molecule has 0 aromatic heterocycles. The third kappa shape index (κ3) is 5.32. The highest BCUT2D eigenvalue weighted by molar-refractivity contribution is 6.40. The van der Waals surface area contributed by atoms with E-state index >= 15 is 0 Å². The van der Waals surface area contributed by atoms with E-state index in [-0.39, 0.29) is 28.2 Å². The fraction of sp³-hybridized carbons (Fsp3) is 0.0667. The van der Waals surface area contributed by atoms with E-state index in [1.165, 1.54) is 30.5 Å². The maximum absolute atomic E-state index is 11.6. The van der Waals surface area contributed by atoms with E-state index in [0.717, 1.165) is 0 Å². The Labute approximate surface area is 147 Å². The number of nitrogens with zero attached hydrogens (tertiary/aromatic N) is 1. The number of nitrogens with one attached hydrogen (secondary N) is 1. The van der Waals surface area contributed by atoms with Crippen LogP contribution in [0.5, 0.6) is 11.5 Å². The quantitative estimate of drug-likeness (QED) is 0.617. The summed E-state index contributed by atoms with van der Waals surface area (Å²) in [4.78, 5) is 11.6. The zero-order valence-electron chi connectivity index (χ0n) is 11.6. The van der Waals surface area contributed by atoms with Crippen molar-refractivity contribution in [2.24, 2.45) is 5.10 Å². The summed E-state index contributed by atoms with van der Waals surface area (Å²) in [5.74, 6) is -0.159. The van der Waals surface area contributed by atoms with Gasteiger partial charge in [0.2, 0.25) is 0 Å². The van der Waals surface area contributed by atoms with Gasteiger partial charge in [-0.15, -0.1) is 0 Å². The minimum absolute atomic E-state index is 0.149. The Morgan fingerprint density at radius 1 is 1.17 bits per heavy atom. The van der Waals surface area contributed by atoms with Gasteiger partial charge in [-0.1, -0.05) is 34.8 Å². The average molecular weight is 374 g/mol. The standard InChI is InChI=1S/C15H11Cl3N2O3/c16-10-5-12(17)15(13(18)6-10)23-8-14(22)20-19-7-9-1-3-11(21)4-2-9/h1-7,21H,8H2,(H,20,22)/b19-7-. The predicted octanol–water partition coefficient (Wildman–Crippen LogP) is 3.88. The second-order valence-electron chi connectivity index (χ2n) is 4.37. The van der Waals surface area contributed by atoms with Gasteiger partial charge in [0.15, 0.2) is 12.4 Å². The largest absolute Gasteiger partial charge is 0.508 e. The van der Waals surface area contributed by atoms with Gasteiger partial charge in [0.25, 0.3) is 5.91 Å². The molecule has 120 valence electrons. The van der Waals surface area contributed by atoms with Crippen LogP contribution < -0.4 is 10.2 Å². The third-order valence-corrected chi connectivity index (χ3v) is 3.39. The van der Waals surface area contributed by atoms with Gasteiger partial charge in [0.1, 0.15) is 5.75 Å². The maximum Gasteiger partial charge on any atom is 0.277 e. The number of carbonyl (C=O) groups is 1. The summed E-state index contributed by atoms with van der Waals surface area (Å²) in [5.41, 5.74) is 3.01. The molecule has 2 aromatic rings. The number of hydrazone groups is 1. The van der Waals surface area contributed by atoms with Gasteiger partial charge in [-0.2, -0.15) is 5.10 Å². The first-order valence-corrected chi connectivity index (χ1v) is 7.47. The van der Waals surface area contributed by atoms with Gasteiger partial charge in [0, 0.05) is 5.02 Å². The van der Waals surface area contributed by atoms with Crippen LogP contribution in [-0.4, -0.2) is 23.8 Å². The highest BCUT2D eigenvalue weighted by Crippen LogP contribution is 2.35. The number of benzene rings is 2. The van der Waals surface area contributed by atoms with Crippen LogP contribution in [0, 0.1) is 0 Å². The Morgan fingerprint density at radius 3 is 2.39 bits per heavy atom. The summed E-state index contributed by atoms with van der Waals surface area (Å²) < 4.78 is 5.26. The third-order valence-electron chi connectivity index (χ3n) is 2.61. The number of hydrogen-bond acceptors (Lipinski definition) is 4. The van der Waals surface area contributed by atoms with Gasteiger partial charge in [-0.05, 0) is 42.0 Å². The summed E-state index contributed by atoms with van der Waals surface area (Å²) in [6.45, 7) is -0.312. The van der Waals surface area contributed by atoms with Crippen LogP contribution in [0.25, 0.3) is 0 Å². The summed E-state index contributed by atoms with van der Waals surface area (Å²) in [7, 11) is 0. The lowest BCUT2D eigenvalue weighted by molar-refractivity contribution is -0.123. The molecule has 0 saturated carbocycles. The molecule has 0 atom stereocenters. The number of phenols is 1. The monoisotopic (exact) mass is 372 g/mol. The van der Waals surface area contributed by atoms with Crippen LogP contribution in [0.3, 0.4) is 0 Å². The van der Waals surface area contributed by atoms with E-state index in [0.29, 0.717) is 10.6 Å². The second kappa shape index (κ2) is 8.06. The Morgan fingerprint density at radius 2 is 1.78 bits per heavy atom. The summed E-state index contributed by atoms with van der Waals surface area (Å²) >= 11 is 17.7. The zero-order valence-corrected chi connectivity index (χ0v) is 13.9. The number of halogens is 3. The molecular formula is C15H11Cl3N2O3. The van der Waals surface area contributed by atoms with Crippen molar-refractivity contribution in [1.82, 2.24) is 5.43 Å². The normalized spacial score (nSPS) is 10.7. The number of ether oxygens (including phenoxy) is 1. The van der Waals surface area contributed by atoms with Crippen molar-refractivity contribution in [3.05, 3.63) is 57.0 Å². The van der Waals surface area contributed by atoms with Gasteiger partial charge in [0.05, 0.1) is 16.3 Å². The molecular weight excluding hydrogens is 363 g/mol. The van der Waals surface area contributed by atoms with Crippen molar-refractivity contribution in [1.29, 1.82) is 0 Å². The van der Waals surface area contributed by atoms with Crippen molar-refractivity contribution in [2.75, 3.05) is 6.61 Å². The molecule has 0 aliphatic heterocycles. The second-order valence-corrected chi connectivity index (χ2v) is 5.62. The van der Waals surface area contributed by atoms with E-state index in [9.17, 15) is 4.79 Å². The summed E-state index contributed by atoms with van der Waals surface area (Å²) in [6, 6.07) is 9.24. The Kier molecular flexibility index (Phi) is 6.10. The fourth-order valence-electron chi connectivity index (χ4n) is 1.58. The van der Waals surface area contributed by atoms with Gasteiger partial charge in [-0.25, -0.2) is 5.43 Å². The molecule has 1 amide bonds. The van der Waals surface area contributed by atoms with Gasteiger partial charge >= 0.3 is 0 Å². The molecule has 2 N–H and O–H groups in total. The van der Waals surface area contributed by atoms with Crippen molar-refractivity contribution in [2.45, 2.75) is 0 Å². The van der Waals surface area contributed by atoms with E-state index in [1.54, 1.807) is 12.1 Å². The molecule has 23 heavy (non-hydrogen) atoms. The molecule has 0 radical (unpaired) electrons. The van der Waals surface area contributed by atoms with Crippen LogP contribution in [-0.2, 0) is 4.79 Å². The minimum Gasteiger partial charge on any atom is -0.508 e. The van der Waals surface area contributed by atoms with E-state index in [2.05, 4.69) is 10.5 Å². The first-order valence-electron chi connectivity index (χ1n) is 6.34. The SMILES string of the molecule is O=C(COc1c(Cl)cc(Cl)cc1Cl)N/N=C\c1ccc(O)cc1. The molecule has 0 unspecified atom stereocenters. The Balaban J connectivity index is 1.87. The van der Waals surface area contributed by atoms with Crippen LogP contribution >= 0.6 is 34.8 Å².